The topological polar surface area (TPSA) is 58.4 Å². The zero-order valence-electron chi connectivity index (χ0n) is 11.7. The molecule has 17 heavy (non-hydrogen) atoms. The Hall–Kier alpha value is -0.610. The summed E-state index contributed by atoms with van der Waals surface area (Å²) < 4.78 is 0. The molecule has 0 radical (unpaired) electrons. The summed E-state index contributed by atoms with van der Waals surface area (Å²) in [6, 6.07) is 0.771. The van der Waals surface area contributed by atoms with Crippen LogP contribution in [-0.2, 0) is 4.79 Å². The third-order valence-corrected chi connectivity index (χ3v) is 4.45. The van der Waals surface area contributed by atoms with Gasteiger partial charge in [-0.15, -0.1) is 0 Å². The van der Waals surface area contributed by atoms with Crippen LogP contribution in [-0.4, -0.2) is 29.4 Å². The van der Waals surface area contributed by atoms with E-state index in [4.69, 9.17) is 5.84 Å². The molecule has 5 unspecified atom stereocenters. The van der Waals surface area contributed by atoms with Crippen LogP contribution in [0.1, 0.15) is 41.0 Å². The van der Waals surface area contributed by atoms with Gasteiger partial charge in [-0.2, -0.15) is 0 Å². The van der Waals surface area contributed by atoms with Crippen LogP contribution >= 0.6 is 0 Å². The van der Waals surface area contributed by atoms with E-state index in [1.54, 1.807) is 0 Å². The lowest BCUT2D eigenvalue weighted by Gasteiger charge is -2.45. The van der Waals surface area contributed by atoms with Gasteiger partial charge in [0.2, 0.25) is 5.91 Å². The van der Waals surface area contributed by atoms with Crippen LogP contribution in [0, 0.1) is 17.8 Å². The average molecular weight is 241 g/mol. The first kappa shape index (κ1) is 14.5. The molecule has 4 nitrogen and oxygen atoms in total. The predicted molar refractivity (Wildman–Crippen MR) is 70.1 cm³/mol. The SMILES string of the molecule is CC1CC(C)C(C)N(C(C)C(C)C(=O)NN)C1. The lowest BCUT2D eigenvalue weighted by atomic mass is 9.83. The van der Waals surface area contributed by atoms with Gasteiger partial charge in [-0.05, 0) is 32.1 Å². The van der Waals surface area contributed by atoms with Crippen molar-refractivity contribution < 1.29 is 4.79 Å². The van der Waals surface area contributed by atoms with Gasteiger partial charge in [0.25, 0.3) is 0 Å². The third-order valence-electron chi connectivity index (χ3n) is 4.45. The highest BCUT2D eigenvalue weighted by atomic mass is 16.2. The molecule has 0 spiro atoms. The summed E-state index contributed by atoms with van der Waals surface area (Å²) >= 11 is 0. The molecular weight excluding hydrogens is 214 g/mol. The number of likely N-dealkylation sites (tertiary alicyclic amines) is 1. The normalized spacial score (nSPS) is 34.1. The summed E-state index contributed by atoms with van der Waals surface area (Å²) in [6.07, 6.45) is 1.28. The van der Waals surface area contributed by atoms with Crippen LogP contribution in [0.2, 0.25) is 0 Å². The van der Waals surface area contributed by atoms with Crippen LogP contribution in [0.5, 0.6) is 0 Å². The van der Waals surface area contributed by atoms with E-state index in [-0.39, 0.29) is 17.9 Å². The summed E-state index contributed by atoms with van der Waals surface area (Å²) in [6.45, 7) is 12.0. The van der Waals surface area contributed by atoms with Crippen molar-refractivity contribution in [2.75, 3.05) is 6.54 Å². The molecule has 1 aliphatic heterocycles. The maximum absolute atomic E-state index is 11.6. The van der Waals surface area contributed by atoms with E-state index in [9.17, 15) is 4.79 Å². The summed E-state index contributed by atoms with van der Waals surface area (Å²) in [5.74, 6) is 6.46. The highest BCUT2D eigenvalue weighted by Crippen LogP contribution is 2.30. The lowest BCUT2D eigenvalue weighted by molar-refractivity contribution is -0.127. The minimum absolute atomic E-state index is 0.0695. The molecular formula is C13H27N3O. The fourth-order valence-electron chi connectivity index (χ4n) is 2.93. The summed E-state index contributed by atoms with van der Waals surface area (Å²) in [5, 5.41) is 0. The van der Waals surface area contributed by atoms with Gasteiger partial charge in [0, 0.05) is 18.6 Å². The molecule has 0 aromatic carbocycles. The van der Waals surface area contributed by atoms with Crippen LogP contribution in [0.25, 0.3) is 0 Å². The Labute approximate surface area is 105 Å². The van der Waals surface area contributed by atoms with E-state index in [0.717, 1.165) is 6.54 Å². The highest BCUT2D eigenvalue weighted by Gasteiger charge is 2.35. The molecule has 3 N–H and O–H groups in total. The van der Waals surface area contributed by atoms with Crippen molar-refractivity contribution in [2.45, 2.75) is 53.1 Å². The van der Waals surface area contributed by atoms with Gasteiger partial charge < -0.3 is 0 Å². The van der Waals surface area contributed by atoms with Crippen LogP contribution in [0.15, 0.2) is 0 Å². The molecule has 1 rings (SSSR count). The van der Waals surface area contributed by atoms with Gasteiger partial charge in [0.1, 0.15) is 0 Å². The van der Waals surface area contributed by atoms with Crippen molar-refractivity contribution >= 4 is 5.91 Å². The third kappa shape index (κ3) is 3.19. The van der Waals surface area contributed by atoms with E-state index in [0.29, 0.717) is 17.9 Å². The van der Waals surface area contributed by atoms with E-state index in [1.807, 2.05) is 6.92 Å². The largest absolute Gasteiger partial charge is 0.297 e. The quantitative estimate of drug-likeness (QED) is 0.446. The van der Waals surface area contributed by atoms with Crippen molar-refractivity contribution in [3.8, 4) is 0 Å². The lowest BCUT2D eigenvalue weighted by Crippen LogP contribution is -2.54. The molecule has 1 heterocycles. The fourth-order valence-corrected chi connectivity index (χ4v) is 2.93. The first-order chi connectivity index (χ1) is 7.88. The van der Waals surface area contributed by atoms with Gasteiger partial charge in [0.05, 0.1) is 5.92 Å². The Bertz CT molecular complexity index is 269. The maximum atomic E-state index is 11.6. The fraction of sp³-hybridized carbons (Fsp3) is 0.923. The first-order valence-corrected chi connectivity index (χ1v) is 6.64. The molecule has 0 aromatic rings. The number of hydrazine groups is 1. The van der Waals surface area contributed by atoms with Crippen molar-refractivity contribution in [3.63, 3.8) is 0 Å². The number of rotatable bonds is 3. The van der Waals surface area contributed by atoms with Gasteiger partial charge in [0.15, 0.2) is 0 Å². The van der Waals surface area contributed by atoms with E-state index >= 15 is 0 Å². The number of amides is 1. The molecule has 1 amide bonds. The Morgan fingerprint density at radius 3 is 2.47 bits per heavy atom. The highest BCUT2D eigenvalue weighted by molar-refractivity contribution is 5.78. The summed E-state index contributed by atoms with van der Waals surface area (Å²) in [5.41, 5.74) is 2.26. The number of carbonyl (C=O) groups excluding carboxylic acids is 1. The number of hydrogen-bond acceptors (Lipinski definition) is 3. The second kappa shape index (κ2) is 5.83. The summed E-state index contributed by atoms with van der Waals surface area (Å²) in [4.78, 5) is 14.1. The Morgan fingerprint density at radius 1 is 1.35 bits per heavy atom. The minimum Gasteiger partial charge on any atom is -0.297 e. The molecule has 1 aliphatic rings. The molecule has 0 saturated carbocycles. The van der Waals surface area contributed by atoms with Crippen LogP contribution in [0.4, 0.5) is 0 Å². The van der Waals surface area contributed by atoms with Gasteiger partial charge in [-0.1, -0.05) is 20.8 Å². The smallest absolute Gasteiger partial charge is 0.238 e. The number of carbonyl (C=O) groups is 1. The maximum Gasteiger partial charge on any atom is 0.238 e. The van der Waals surface area contributed by atoms with Crippen LogP contribution in [0.3, 0.4) is 0 Å². The second-order valence-corrected chi connectivity index (χ2v) is 5.79. The minimum atomic E-state index is -0.0735. The zero-order chi connectivity index (χ0) is 13.2. The molecule has 0 aliphatic carbocycles. The standard InChI is InChI=1S/C13H27N3O/c1-8-6-9(2)11(4)16(7-8)12(5)10(3)13(17)15-14/h8-12H,6-7,14H2,1-5H3,(H,15,17). The number of nitrogens with zero attached hydrogens (tertiary/aromatic N) is 1. The van der Waals surface area contributed by atoms with E-state index in [2.05, 4.69) is 38.0 Å². The first-order valence-electron chi connectivity index (χ1n) is 6.64. The van der Waals surface area contributed by atoms with Gasteiger partial charge in [-0.25, -0.2) is 5.84 Å². The van der Waals surface area contributed by atoms with Crippen molar-refractivity contribution in [1.82, 2.24) is 10.3 Å². The number of nitrogens with two attached hydrogens (primary N) is 1. The Morgan fingerprint density at radius 2 is 1.94 bits per heavy atom. The molecule has 100 valence electrons. The van der Waals surface area contributed by atoms with Crippen molar-refractivity contribution in [2.24, 2.45) is 23.6 Å². The molecule has 1 saturated heterocycles. The molecule has 5 atom stereocenters. The number of hydrogen-bond donors (Lipinski definition) is 2. The monoisotopic (exact) mass is 241 g/mol. The van der Waals surface area contributed by atoms with Crippen LogP contribution < -0.4 is 11.3 Å². The summed E-state index contributed by atoms with van der Waals surface area (Å²) in [7, 11) is 0. The average Bonchev–Trinajstić information content (AvgIpc) is 2.30. The molecule has 1 fully saturated rings. The van der Waals surface area contributed by atoms with Gasteiger partial charge in [-0.3, -0.25) is 15.1 Å². The van der Waals surface area contributed by atoms with E-state index in [1.165, 1.54) is 6.42 Å². The Balaban J connectivity index is 2.72. The van der Waals surface area contributed by atoms with Crippen molar-refractivity contribution in [3.05, 3.63) is 0 Å². The predicted octanol–water partition coefficient (Wildman–Crippen LogP) is 1.37. The number of nitrogens with one attached hydrogen (secondary N) is 1. The van der Waals surface area contributed by atoms with Gasteiger partial charge >= 0.3 is 0 Å². The Kier molecular flexibility index (Phi) is 4.95. The number of piperidine rings is 1. The van der Waals surface area contributed by atoms with E-state index < -0.39 is 0 Å². The van der Waals surface area contributed by atoms with Crippen molar-refractivity contribution in [1.29, 1.82) is 0 Å². The molecule has 4 heteroatoms. The zero-order valence-corrected chi connectivity index (χ0v) is 11.7. The molecule has 0 aromatic heterocycles. The second-order valence-electron chi connectivity index (χ2n) is 5.79. The molecule has 0 bridgehead atoms.